The first kappa shape index (κ1) is 17.6. The van der Waals surface area contributed by atoms with E-state index in [2.05, 4.69) is 0 Å². The molecule has 7 heteroatoms. The standard InChI is InChI=1S/C20H22FN3O3/c21-17-5-1-2-6-18(17)22-7-9-23(10-8-22)20(26)15-12-19(25)24(13-15)14-16-4-3-11-27-16/h1-6,11,15H,7-10,12-14H2. The maximum atomic E-state index is 13.9. The Morgan fingerprint density at radius 1 is 1.11 bits per heavy atom. The zero-order chi connectivity index (χ0) is 18.8. The fourth-order valence-corrected chi connectivity index (χ4v) is 3.82. The molecule has 2 fully saturated rings. The average molecular weight is 371 g/mol. The van der Waals surface area contributed by atoms with Crippen LogP contribution < -0.4 is 4.90 Å². The molecule has 2 aliphatic rings. The third kappa shape index (κ3) is 3.67. The Kier molecular flexibility index (Phi) is 4.83. The quantitative estimate of drug-likeness (QED) is 0.826. The third-order valence-electron chi connectivity index (χ3n) is 5.28. The topological polar surface area (TPSA) is 57.0 Å². The Labute approximate surface area is 157 Å². The Hall–Kier alpha value is -2.83. The van der Waals surface area contributed by atoms with Gasteiger partial charge >= 0.3 is 0 Å². The van der Waals surface area contributed by atoms with Crippen molar-refractivity contribution in [1.29, 1.82) is 0 Å². The number of carbonyl (C=O) groups is 2. The van der Waals surface area contributed by atoms with Gasteiger partial charge in [0.2, 0.25) is 11.8 Å². The Morgan fingerprint density at radius 2 is 1.89 bits per heavy atom. The number of halogens is 1. The van der Waals surface area contributed by atoms with Crippen LogP contribution in [0.25, 0.3) is 0 Å². The van der Waals surface area contributed by atoms with Crippen LogP contribution in [0.3, 0.4) is 0 Å². The van der Waals surface area contributed by atoms with Gasteiger partial charge < -0.3 is 19.1 Å². The van der Waals surface area contributed by atoms with Crippen LogP contribution in [0.4, 0.5) is 10.1 Å². The minimum Gasteiger partial charge on any atom is -0.467 e. The van der Waals surface area contributed by atoms with Crippen molar-refractivity contribution in [3.05, 3.63) is 54.2 Å². The number of likely N-dealkylation sites (tertiary alicyclic amines) is 1. The highest BCUT2D eigenvalue weighted by Crippen LogP contribution is 2.24. The number of amides is 2. The highest BCUT2D eigenvalue weighted by Gasteiger charge is 2.37. The van der Waals surface area contributed by atoms with Crippen LogP contribution in [0, 0.1) is 11.7 Å². The van der Waals surface area contributed by atoms with Gasteiger partial charge in [-0.1, -0.05) is 12.1 Å². The summed E-state index contributed by atoms with van der Waals surface area (Å²) in [7, 11) is 0. The van der Waals surface area contributed by atoms with E-state index < -0.39 is 0 Å². The van der Waals surface area contributed by atoms with Crippen molar-refractivity contribution in [3.8, 4) is 0 Å². The molecule has 0 spiro atoms. The molecule has 4 rings (SSSR count). The second-order valence-electron chi connectivity index (χ2n) is 7.02. The molecule has 0 aliphatic carbocycles. The lowest BCUT2D eigenvalue weighted by Gasteiger charge is -2.37. The van der Waals surface area contributed by atoms with E-state index in [0.29, 0.717) is 45.0 Å². The van der Waals surface area contributed by atoms with Gasteiger partial charge in [0.15, 0.2) is 0 Å². The van der Waals surface area contributed by atoms with Crippen molar-refractivity contribution < 1.29 is 18.4 Å². The predicted octanol–water partition coefficient (Wildman–Crippen LogP) is 2.12. The van der Waals surface area contributed by atoms with Crippen LogP contribution >= 0.6 is 0 Å². The molecule has 0 N–H and O–H groups in total. The maximum Gasteiger partial charge on any atom is 0.228 e. The van der Waals surface area contributed by atoms with Gasteiger partial charge in [0.25, 0.3) is 0 Å². The summed E-state index contributed by atoms with van der Waals surface area (Å²) in [5.41, 5.74) is 0.574. The first-order chi connectivity index (χ1) is 13.1. The molecular formula is C20H22FN3O3. The van der Waals surface area contributed by atoms with Crippen molar-refractivity contribution in [1.82, 2.24) is 9.80 Å². The Balaban J connectivity index is 1.33. The molecular weight excluding hydrogens is 349 g/mol. The van der Waals surface area contributed by atoms with Gasteiger partial charge in [-0.15, -0.1) is 0 Å². The molecule has 3 heterocycles. The summed E-state index contributed by atoms with van der Waals surface area (Å²) >= 11 is 0. The van der Waals surface area contributed by atoms with Crippen molar-refractivity contribution in [3.63, 3.8) is 0 Å². The molecule has 0 radical (unpaired) electrons. The Bertz CT molecular complexity index is 816. The van der Waals surface area contributed by atoms with Crippen molar-refractivity contribution in [2.24, 2.45) is 5.92 Å². The summed E-state index contributed by atoms with van der Waals surface area (Å²) < 4.78 is 19.2. The summed E-state index contributed by atoms with van der Waals surface area (Å²) in [6, 6.07) is 10.3. The second kappa shape index (κ2) is 7.42. The average Bonchev–Trinajstić information content (AvgIpc) is 3.32. The van der Waals surface area contributed by atoms with Gasteiger partial charge in [-0.25, -0.2) is 4.39 Å². The summed E-state index contributed by atoms with van der Waals surface area (Å²) in [5.74, 6) is 0.155. The molecule has 1 aromatic heterocycles. The Morgan fingerprint density at radius 3 is 2.59 bits per heavy atom. The highest BCUT2D eigenvalue weighted by molar-refractivity contribution is 5.89. The molecule has 0 saturated carbocycles. The van der Waals surface area contributed by atoms with E-state index in [0.717, 1.165) is 5.76 Å². The number of benzene rings is 1. The van der Waals surface area contributed by atoms with Gasteiger partial charge in [-0.3, -0.25) is 9.59 Å². The number of anilines is 1. The molecule has 27 heavy (non-hydrogen) atoms. The van der Waals surface area contributed by atoms with Gasteiger partial charge in [-0.05, 0) is 24.3 Å². The van der Waals surface area contributed by atoms with Crippen LogP contribution in [0.1, 0.15) is 12.2 Å². The normalized spacial score (nSPS) is 20.4. The van der Waals surface area contributed by atoms with Crippen LogP contribution in [0.2, 0.25) is 0 Å². The first-order valence-electron chi connectivity index (χ1n) is 9.20. The molecule has 2 amide bonds. The number of furan rings is 1. The molecule has 2 aliphatic heterocycles. The molecule has 1 unspecified atom stereocenters. The molecule has 2 aromatic rings. The minimum atomic E-state index is -0.313. The van der Waals surface area contributed by atoms with Gasteiger partial charge in [0.05, 0.1) is 24.4 Å². The maximum absolute atomic E-state index is 13.9. The van der Waals surface area contributed by atoms with E-state index >= 15 is 0 Å². The number of para-hydroxylation sites is 1. The fraction of sp³-hybridized carbons (Fsp3) is 0.400. The third-order valence-corrected chi connectivity index (χ3v) is 5.28. The largest absolute Gasteiger partial charge is 0.467 e. The number of carbonyl (C=O) groups excluding carboxylic acids is 2. The summed E-state index contributed by atoms with van der Waals surface area (Å²) in [4.78, 5) is 30.5. The van der Waals surface area contributed by atoms with Crippen molar-refractivity contribution >= 4 is 17.5 Å². The van der Waals surface area contributed by atoms with Crippen LogP contribution in [0.15, 0.2) is 47.1 Å². The van der Waals surface area contributed by atoms with E-state index in [4.69, 9.17) is 4.42 Å². The zero-order valence-electron chi connectivity index (χ0n) is 15.0. The minimum absolute atomic E-state index is 0.0125. The van der Waals surface area contributed by atoms with Gasteiger partial charge in [0.1, 0.15) is 11.6 Å². The number of nitrogens with zero attached hydrogens (tertiary/aromatic N) is 3. The van der Waals surface area contributed by atoms with E-state index in [1.807, 2.05) is 17.0 Å². The monoisotopic (exact) mass is 371 g/mol. The van der Waals surface area contributed by atoms with Crippen LogP contribution in [0.5, 0.6) is 0 Å². The number of rotatable bonds is 4. The lowest BCUT2D eigenvalue weighted by Crippen LogP contribution is -2.50. The fourth-order valence-electron chi connectivity index (χ4n) is 3.82. The van der Waals surface area contributed by atoms with E-state index in [1.54, 1.807) is 34.3 Å². The molecule has 0 bridgehead atoms. The van der Waals surface area contributed by atoms with E-state index in [-0.39, 0.29) is 30.0 Å². The van der Waals surface area contributed by atoms with E-state index in [1.165, 1.54) is 6.07 Å². The first-order valence-corrected chi connectivity index (χ1v) is 9.20. The van der Waals surface area contributed by atoms with Crippen molar-refractivity contribution in [2.45, 2.75) is 13.0 Å². The predicted molar refractivity (Wildman–Crippen MR) is 97.4 cm³/mol. The number of hydrogen-bond donors (Lipinski definition) is 0. The summed E-state index contributed by atoms with van der Waals surface area (Å²) in [6.45, 7) is 3.07. The lowest BCUT2D eigenvalue weighted by molar-refractivity contribution is -0.136. The van der Waals surface area contributed by atoms with Crippen molar-refractivity contribution in [2.75, 3.05) is 37.6 Å². The highest BCUT2D eigenvalue weighted by atomic mass is 19.1. The molecule has 1 atom stereocenters. The summed E-state index contributed by atoms with van der Waals surface area (Å²) in [5, 5.41) is 0. The summed E-state index contributed by atoms with van der Waals surface area (Å²) in [6.07, 6.45) is 1.82. The molecule has 1 aromatic carbocycles. The smallest absolute Gasteiger partial charge is 0.228 e. The number of hydrogen-bond acceptors (Lipinski definition) is 4. The lowest BCUT2D eigenvalue weighted by atomic mass is 10.1. The van der Waals surface area contributed by atoms with Gasteiger partial charge in [-0.2, -0.15) is 0 Å². The SMILES string of the molecule is O=C1CC(C(=O)N2CCN(c3ccccc3F)CC2)CN1Cc1ccco1. The van der Waals surface area contributed by atoms with Gasteiger partial charge in [0, 0.05) is 39.1 Å². The zero-order valence-corrected chi connectivity index (χ0v) is 15.0. The second-order valence-corrected chi connectivity index (χ2v) is 7.02. The van der Waals surface area contributed by atoms with Crippen LogP contribution in [-0.2, 0) is 16.1 Å². The molecule has 142 valence electrons. The van der Waals surface area contributed by atoms with Crippen LogP contribution in [-0.4, -0.2) is 54.3 Å². The molecule has 2 saturated heterocycles. The number of piperazine rings is 1. The molecule has 6 nitrogen and oxygen atoms in total. The van der Waals surface area contributed by atoms with E-state index in [9.17, 15) is 14.0 Å².